The van der Waals surface area contributed by atoms with E-state index in [1.807, 2.05) is 24.3 Å². The number of nitriles is 2. The van der Waals surface area contributed by atoms with Crippen molar-refractivity contribution in [1.82, 2.24) is 9.13 Å². The highest BCUT2D eigenvalue weighted by Gasteiger charge is 2.22. The maximum atomic E-state index is 10.8. The van der Waals surface area contributed by atoms with Gasteiger partial charge in [-0.3, -0.25) is 0 Å². The molecular formula is C41H28N4. The van der Waals surface area contributed by atoms with Crippen LogP contribution in [0.4, 0.5) is 0 Å². The Morgan fingerprint density at radius 3 is 1.58 bits per heavy atom. The molecule has 0 saturated heterocycles. The molecule has 2 heterocycles. The molecule has 4 nitrogen and oxygen atoms in total. The van der Waals surface area contributed by atoms with Gasteiger partial charge < -0.3 is 9.13 Å². The Hall–Kier alpha value is -6.10. The van der Waals surface area contributed by atoms with Gasteiger partial charge in [-0.25, -0.2) is 0 Å². The summed E-state index contributed by atoms with van der Waals surface area (Å²) in [6.45, 7) is 6.27. The van der Waals surface area contributed by atoms with Crippen LogP contribution in [-0.4, -0.2) is 9.13 Å². The lowest BCUT2D eigenvalue weighted by Gasteiger charge is -2.20. The number of rotatable bonds is 3. The fraction of sp³-hybridized carbons (Fsp3) is 0.0732. The van der Waals surface area contributed by atoms with Crippen molar-refractivity contribution in [3.8, 4) is 34.6 Å². The molecule has 8 aromatic rings. The predicted octanol–water partition coefficient (Wildman–Crippen LogP) is 10.2. The summed E-state index contributed by atoms with van der Waals surface area (Å²) in [5.41, 5.74) is 12.6. The van der Waals surface area contributed by atoms with Crippen molar-refractivity contribution < 1.29 is 0 Å². The number of fused-ring (bicyclic) bond motifs is 6. The lowest BCUT2D eigenvalue weighted by atomic mass is 9.94. The van der Waals surface area contributed by atoms with Crippen molar-refractivity contribution >= 4 is 43.6 Å². The van der Waals surface area contributed by atoms with Gasteiger partial charge in [0.25, 0.3) is 0 Å². The van der Waals surface area contributed by atoms with E-state index in [1.165, 1.54) is 10.9 Å². The molecule has 0 aliphatic carbocycles. The van der Waals surface area contributed by atoms with Crippen LogP contribution in [0, 0.1) is 43.4 Å². The molecule has 0 aliphatic heterocycles. The van der Waals surface area contributed by atoms with E-state index in [4.69, 9.17) is 0 Å². The van der Waals surface area contributed by atoms with Crippen molar-refractivity contribution in [1.29, 1.82) is 10.5 Å². The van der Waals surface area contributed by atoms with E-state index < -0.39 is 0 Å². The fourth-order valence-electron chi connectivity index (χ4n) is 6.97. The maximum absolute atomic E-state index is 10.8. The molecule has 0 unspecified atom stereocenters. The summed E-state index contributed by atoms with van der Waals surface area (Å²) >= 11 is 0. The summed E-state index contributed by atoms with van der Waals surface area (Å²) in [4.78, 5) is 0. The van der Waals surface area contributed by atoms with Crippen molar-refractivity contribution in [2.45, 2.75) is 20.8 Å². The highest BCUT2D eigenvalue weighted by atomic mass is 15.0. The number of para-hydroxylation sites is 2. The molecule has 6 aromatic carbocycles. The first-order valence-corrected chi connectivity index (χ1v) is 15.1. The predicted molar refractivity (Wildman–Crippen MR) is 184 cm³/mol. The van der Waals surface area contributed by atoms with E-state index in [9.17, 15) is 10.5 Å². The van der Waals surface area contributed by atoms with Crippen molar-refractivity contribution in [2.24, 2.45) is 0 Å². The average Bonchev–Trinajstić information content (AvgIpc) is 3.55. The summed E-state index contributed by atoms with van der Waals surface area (Å²) in [7, 11) is 0. The summed E-state index contributed by atoms with van der Waals surface area (Å²) < 4.78 is 4.53. The molecule has 0 bridgehead atoms. The van der Waals surface area contributed by atoms with Gasteiger partial charge in [0.2, 0.25) is 0 Å². The summed E-state index contributed by atoms with van der Waals surface area (Å²) in [6, 6.07) is 44.9. The zero-order valence-corrected chi connectivity index (χ0v) is 25.3. The fourth-order valence-corrected chi connectivity index (χ4v) is 6.97. The summed E-state index contributed by atoms with van der Waals surface area (Å²) in [5, 5.41) is 25.1. The van der Waals surface area contributed by atoms with Crippen LogP contribution in [0.2, 0.25) is 0 Å². The van der Waals surface area contributed by atoms with E-state index in [1.54, 1.807) is 0 Å². The van der Waals surface area contributed by atoms with Crippen LogP contribution in [0.1, 0.15) is 27.8 Å². The largest absolute Gasteiger partial charge is 0.309 e. The molecule has 0 radical (unpaired) electrons. The minimum atomic E-state index is 0.586. The zero-order valence-electron chi connectivity index (χ0n) is 25.3. The normalized spacial score (nSPS) is 11.4. The lowest BCUT2D eigenvalue weighted by molar-refractivity contribution is 1.13. The highest BCUT2D eigenvalue weighted by molar-refractivity contribution is 6.11. The Balaban J connectivity index is 1.55. The molecule has 0 spiro atoms. The van der Waals surface area contributed by atoms with E-state index in [-0.39, 0.29) is 0 Å². The van der Waals surface area contributed by atoms with Crippen LogP contribution >= 0.6 is 0 Å². The van der Waals surface area contributed by atoms with Crippen molar-refractivity contribution in [3.63, 3.8) is 0 Å². The minimum absolute atomic E-state index is 0.586. The van der Waals surface area contributed by atoms with Crippen molar-refractivity contribution in [2.75, 3.05) is 0 Å². The van der Waals surface area contributed by atoms with E-state index in [0.29, 0.717) is 11.1 Å². The molecule has 0 fully saturated rings. The molecule has 8 rings (SSSR count). The molecule has 0 amide bonds. The molecule has 212 valence electrons. The third-order valence-corrected chi connectivity index (χ3v) is 9.02. The Morgan fingerprint density at radius 1 is 0.467 bits per heavy atom. The molecule has 0 N–H and O–H groups in total. The second-order valence-corrected chi connectivity index (χ2v) is 11.9. The molecular weight excluding hydrogens is 548 g/mol. The maximum Gasteiger partial charge on any atom is 0.101 e. The minimum Gasteiger partial charge on any atom is -0.309 e. The standard InChI is InChI=1S/C41H28N4/c1-25-12-15-33-31-8-4-6-10-36(31)44(39(33)18-25)38-22-35(30-17-14-28(23-42)20-27(30)3)41(21-29(38)24-43)45-37-11-7-5-9-32(37)34-16-13-26(2)19-40(34)45/h4-22H,1-3H3. The Kier molecular flexibility index (Phi) is 5.88. The summed E-state index contributed by atoms with van der Waals surface area (Å²) in [6.07, 6.45) is 0. The van der Waals surface area contributed by atoms with Gasteiger partial charge in [0.15, 0.2) is 0 Å². The second-order valence-electron chi connectivity index (χ2n) is 11.9. The van der Waals surface area contributed by atoms with Gasteiger partial charge in [0.05, 0.1) is 50.6 Å². The van der Waals surface area contributed by atoms with Crippen molar-refractivity contribution in [3.05, 3.63) is 143 Å². The first-order valence-electron chi connectivity index (χ1n) is 15.1. The molecule has 2 aromatic heterocycles. The zero-order chi connectivity index (χ0) is 30.8. The van der Waals surface area contributed by atoms with Gasteiger partial charge in [-0.1, -0.05) is 66.7 Å². The Bertz CT molecular complexity index is 2600. The van der Waals surface area contributed by atoms with Crippen LogP contribution in [0.15, 0.2) is 115 Å². The Labute approximate surface area is 261 Å². The van der Waals surface area contributed by atoms with Gasteiger partial charge in [-0.15, -0.1) is 0 Å². The molecule has 0 atom stereocenters. The monoisotopic (exact) mass is 576 g/mol. The summed E-state index contributed by atoms with van der Waals surface area (Å²) in [5.74, 6) is 0. The first-order chi connectivity index (χ1) is 22.0. The molecule has 0 aliphatic rings. The first kappa shape index (κ1) is 26.5. The SMILES string of the molecule is Cc1ccc2c3ccccc3n(-c3cc(-c4ccc(C#N)cc4C)c(-n4c5ccccc5c5ccc(C)cc54)cc3C#N)c2c1. The number of hydrogen-bond acceptors (Lipinski definition) is 2. The van der Waals surface area contributed by atoms with Gasteiger partial charge >= 0.3 is 0 Å². The van der Waals surface area contributed by atoms with Gasteiger partial charge in [0.1, 0.15) is 6.07 Å². The van der Waals surface area contributed by atoms with Gasteiger partial charge in [-0.2, -0.15) is 10.5 Å². The average molecular weight is 577 g/mol. The smallest absolute Gasteiger partial charge is 0.101 e. The highest BCUT2D eigenvalue weighted by Crippen LogP contribution is 2.41. The van der Waals surface area contributed by atoms with Crippen LogP contribution in [0.5, 0.6) is 0 Å². The Morgan fingerprint density at radius 2 is 1.02 bits per heavy atom. The topological polar surface area (TPSA) is 57.4 Å². The van der Waals surface area contributed by atoms with Crippen LogP contribution < -0.4 is 0 Å². The van der Waals surface area contributed by atoms with E-state index in [0.717, 1.165) is 71.9 Å². The second kappa shape index (κ2) is 9.98. The van der Waals surface area contributed by atoms with E-state index in [2.05, 4.69) is 133 Å². The van der Waals surface area contributed by atoms with Crippen LogP contribution in [-0.2, 0) is 0 Å². The number of hydrogen-bond donors (Lipinski definition) is 0. The van der Waals surface area contributed by atoms with Gasteiger partial charge in [0, 0.05) is 27.1 Å². The quantitative estimate of drug-likeness (QED) is 0.210. The number of benzene rings is 6. The molecule has 45 heavy (non-hydrogen) atoms. The van der Waals surface area contributed by atoms with Crippen LogP contribution in [0.25, 0.3) is 66.1 Å². The molecule has 4 heteroatoms. The van der Waals surface area contributed by atoms with Crippen LogP contribution in [0.3, 0.4) is 0 Å². The third kappa shape index (κ3) is 3.97. The van der Waals surface area contributed by atoms with E-state index >= 15 is 0 Å². The van der Waals surface area contributed by atoms with Gasteiger partial charge in [-0.05, 0) is 91.6 Å². The number of aryl methyl sites for hydroxylation is 3. The number of nitrogens with zero attached hydrogens (tertiary/aromatic N) is 4. The molecule has 0 saturated carbocycles. The lowest BCUT2D eigenvalue weighted by Crippen LogP contribution is -2.04. The third-order valence-electron chi connectivity index (χ3n) is 9.02. The number of aromatic nitrogens is 2.